The van der Waals surface area contributed by atoms with Crippen molar-refractivity contribution in [1.29, 1.82) is 0 Å². The largest absolute Gasteiger partial charge is 0.354 e. The zero-order valence-corrected chi connectivity index (χ0v) is 7.73. The summed E-state index contributed by atoms with van der Waals surface area (Å²) in [5, 5.41) is 5.70. The highest BCUT2D eigenvalue weighted by atomic mass is 16.5. The van der Waals surface area contributed by atoms with Crippen molar-refractivity contribution < 1.29 is 18.9 Å². The maximum Gasteiger partial charge on any atom is 0.274 e. The summed E-state index contributed by atoms with van der Waals surface area (Å²) in [4.78, 5) is 33.9. The Bertz CT molecular complexity index is 498. The molecule has 0 spiro atoms. The summed E-state index contributed by atoms with van der Waals surface area (Å²) in [7, 11) is 1.40. The Morgan fingerprint density at radius 2 is 2.00 bits per heavy atom. The molecule has 0 saturated heterocycles. The maximum absolute atomic E-state index is 11.4. The molecule has 0 bridgehead atoms. The Balaban J connectivity index is 2.61. The van der Waals surface area contributed by atoms with Crippen molar-refractivity contribution in [1.82, 2.24) is 10.5 Å². The van der Waals surface area contributed by atoms with E-state index in [4.69, 9.17) is 0 Å². The molecule has 1 heterocycles. The van der Waals surface area contributed by atoms with Crippen LogP contribution in [0.5, 0.6) is 0 Å². The van der Waals surface area contributed by atoms with Crippen molar-refractivity contribution in [2.24, 2.45) is 0 Å². The van der Waals surface area contributed by atoms with E-state index in [0.717, 1.165) is 12.2 Å². The highest BCUT2D eigenvalue weighted by Crippen LogP contribution is 2.20. The van der Waals surface area contributed by atoms with Crippen LogP contribution in [0.3, 0.4) is 0 Å². The molecular weight excluding hydrogens is 200 g/mol. The van der Waals surface area contributed by atoms with Gasteiger partial charge in [-0.1, -0.05) is 5.16 Å². The maximum atomic E-state index is 11.4. The number of ketones is 2. The normalized spacial score (nSPS) is 13.9. The molecule has 0 aromatic carbocycles. The van der Waals surface area contributed by atoms with Crippen LogP contribution in [0.4, 0.5) is 0 Å². The van der Waals surface area contributed by atoms with E-state index in [1.807, 2.05) is 0 Å². The molecule has 1 aliphatic carbocycles. The molecular formula is C9H6N2O4. The van der Waals surface area contributed by atoms with Crippen LogP contribution in [0.15, 0.2) is 16.7 Å². The van der Waals surface area contributed by atoms with E-state index in [9.17, 15) is 14.4 Å². The van der Waals surface area contributed by atoms with Gasteiger partial charge in [-0.05, 0) is 12.2 Å². The van der Waals surface area contributed by atoms with Gasteiger partial charge in [0, 0.05) is 7.05 Å². The summed E-state index contributed by atoms with van der Waals surface area (Å²) in [5.41, 5.74) is -0.225. The number of amides is 1. The minimum absolute atomic E-state index is 0.0677. The lowest BCUT2D eigenvalue weighted by Gasteiger charge is -2.01. The van der Waals surface area contributed by atoms with Crippen LogP contribution in [0.1, 0.15) is 31.4 Å². The first-order valence-corrected chi connectivity index (χ1v) is 4.13. The Morgan fingerprint density at radius 3 is 2.67 bits per heavy atom. The van der Waals surface area contributed by atoms with Crippen molar-refractivity contribution in [2.75, 3.05) is 7.05 Å². The number of nitrogens with zero attached hydrogens (tertiary/aromatic N) is 1. The predicted octanol–water partition coefficient (Wildman–Crippen LogP) is -0.0306. The Kier molecular flexibility index (Phi) is 1.96. The van der Waals surface area contributed by atoms with Gasteiger partial charge in [0.15, 0.2) is 11.5 Å². The highest BCUT2D eigenvalue weighted by Gasteiger charge is 2.31. The predicted molar refractivity (Wildman–Crippen MR) is 47.7 cm³/mol. The SMILES string of the molecule is CNC(=O)c1noc2c1C(=O)C=CC2=O. The first kappa shape index (κ1) is 9.32. The van der Waals surface area contributed by atoms with E-state index < -0.39 is 17.5 Å². The van der Waals surface area contributed by atoms with Crippen LogP contribution in [0.25, 0.3) is 0 Å². The first-order chi connectivity index (χ1) is 7.15. The summed E-state index contributed by atoms with van der Waals surface area (Å²) in [6.07, 6.45) is 2.18. The topological polar surface area (TPSA) is 89.3 Å². The monoisotopic (exact) mass is 206 g/mol. The molecule has 0 aliphatic heterocycles. The van der Waals surface area contributed by atoms with E-state index >= 15 is 0 Å². The summed E-state index contributed by atoms with van der Waals surface area (Å²) in [6.45, 7) is 0. The number of carbonyl (C=O) groups is 3. The van der Waals surface area contributed by atoms with Gasteiger partial charge >= 0.3 is 0 Å². The fraction of sp³-hybridized carbons (Fsp3) is 0.111. The van der Waals surface area contributed by atoms with Gasteiger partial charge in [-0.15, -0.1) is 0 Å². The standard InChI is InChI=1S/C9H6N2O4/c1-10-9(14)7-6-4(12)2-3-5(13)8(6)15-11-7/h2-3H,1H3,(H,10,14). The van der Waals surface area contributed by atoms with Crippen molar-refractivity contribution in [3.63, 3.8) is 0 Å². The number of hydrogen-bond acceptors (Lipinski definition) is 5. The average molecular weight is 206 g/mol. The third-order valence-electron chi connectivity index (χ3n) is 1.99. The summed E-state index contributed by atoms with van der Waals surface area (Å²) in [6, 6.07) is 0. The highest BCUT2D eigenvalue weighted by molar-refractivity contribution is 6.23. The van der Waals surface area contributed by atoms with Gasteiger partial charge in [0.25, 0.3) is 5.91 Å². The molecule has 0 fully saturated rings. The van der Waals surface area contributed by atoms with Crippen LogP contribution in [-0.2, 0) is 0 Å². The molecule has 15 heavy (non-hydrogen) atoms. The zero-order chi connectivity index (χ0) is 11.0. The van der Waals surface area contributed by atoms with Crippen LogP contribution in [-0.4, -0.2) is 29.7 Å². The molecule has 0 radical (unpaired) electrons. The smallest absolute Gasteiger partial charge is 0.274 e. The van der Waals surface area contributed by atoms with Crippen LogP contribution >= 0.6 is 0 Å². The molecule has 1 aromatic rings. The quantitative estimate of drug-likeness (QED) is 0.696. The lowest BCUT2D eigenvalue weighted by molar-refractivity contribution is 0.0944. The number of nitrogens with one attached hydrogen (secondary N) is 1. The summed E-state index contributed by atoms with van der Waals surface area (Å²) < 4.78 is 4.66. The van der Waals surface area contributed by atoms with Crippen LogP contribution in [0, 0.1) is 0 Å². The molecule has 1 aliphatic rings. The van der Waals surface area contributed by atoms with E-state index in [-0.39, 0.29) is 17.0 Å². The van der Waals surface area contributed by atoms with Gasteiger partial charge < -0.3 is 9.84 Å². The second kappa shape index (κ2) is 3.16. The molecule has 0 unspecified atom stereocenters. The Labute approximate surface area is 83.9 Å². The van der Waals surface area contributed by atoms with Gasteiger partial charge in [0.05, 0.1) is 0 Å². The van der Waals surface area contributed by atoms with Crippen molar-refractivity contribution >= 4 is 17.5 Å². The Hall–Kier alpha value is -2.24. The van der Waals surface area contributed by atoms with Crippen molar-refractivity contribution in [3.8, 4) is 0 Å². The molecule has 6 nitrogen and oxygen atoms in total. The number of carbonyl (C=O) groups excluding carboxylic acids is 3. The number of aromatic nitrogens is 1. The van der Waals surface area contributed by atoms with Crippen molar-refractivity contribution in [2.45, 2.75) is 0 Å². The van der Waals surface area contributed by atoms with Gasteiger partial charge in [-0.3, -0.25) is 14.4 Å². The van der Waals surface area contributed by atoms with Gasteiger partial charge in [-0.25, -0.2) is 0 Å². The molecule has 1 amide bonds. The molecule has 6 heteroatoms. The molecule has 0 atom stereocenters. The molecule has 2 rings (SSSR count). The van der Waals surface area contributed by atoms with Crippen LogP contribution < -0.4 is 5.32 Å². The van der Waals surface area contributed by atoms with Crippen molar-refractivity contribution in [3.05, 3.63) is 29.2 Å². The van der Waals surface area contributed by atoms with E-state index in [0.29, 0.717) is 0 Å². The van der Waals surface area contributed by atoms with Gasteiger partial charge in [-0.2, -0.15) is 0 Å². The average Bonchev–Trinajstić information content (AvgIpc) is 2.68. The van der Waals surface area contributed by atoms with Crippen LogP contribution in [0.2, 0.25) is 0 Å². The fourth-order valence-corrected chi connectivity index (χ4v) is 1.27. The van der Waals surface area contributed by atoms with Gasteiger partial charge in [0.1, 0.15) is 5.56 Å². The number of rotatable bonds is 1. The molecule has 1 aromatic heterocycles. The lowest BCUT2D eigenvalue weighted by atomic mass is 10.00. The second-order valence-electron chi connectivity index (χ2n) is 2.88. The second-order valence-corrected chi connectivity index (χ2v) is 2.88. The zero-order valence-electron chi connectivity index (χ0n) is 7.73. The summed E-state index contributed by atoms with van der Waals surface area (Å²) in [5.74, 6) is -1.66. The minimum Gasteiger partial charge on any atom is -0.354 e. The van der Waals surface area contributed by atoms with E-state index in [2.05, 4.69) is 15.0 Å². The third kappa shape index (κ3) is 1.26. The van der Waals surface area contributed by atoms with Gasteiger partial charge in [0.2, 0.25) is 11.5 Å². The number of fused-ring (bicyclic) bond motifs is 1. The fourth-order valence-electron chi connectivity index (χ4n) is 1.27. The lowest BCUT2D eigenvalue weighted by Crippen LogP contribution is -2.22. The molecule has 1 N–H and O–H groups in total. The molecule has 76 valence electrons. The van der Waals surface area contributed by atoms with E-state index in [1.54, 1.807) is 0 Å². The first-order valence-electron chi connectivity index (χ1n) is 4.13. The number of allylic oxidation sites excluding steroid dienone is 2. The Morgan fingerprint density at radius 1 is 1.33 bits per heavy atom. The third-order valence-corrected chi connectivity index (χ3v) is 1.99. The van der Waals surface area contributed by atoms with E-state index in [1.165, 1.54) is 7.05 Å². The molecule has 0 saturated carbocycles. The summed E-state index contributed by atoms with van der Waals surface area (Å²) >= 11 is 0. The minimum atomic E-state index is -0.559. The number of hydrogen-bond donors (Lipinski definition) is 1.